The third kappa shape index (κ3) is 4.26. The topological polar surface area (TPSA) is 101 Å². The van der Waals surface area contributed by atoms with Crippen LogP contribution in [0.4, 0.5) is 0 Å². The Morgan fingerprint density at radius 2 is 1.97 bits per heavy atom. The van der Waals surface area contributed by atoms with Gasteiger partial charge in [0.15, 0.2) is 0 Å². The zero-order chi connectivity index (χ0) is 22.7. The van der Waals surface area contributed by atoms with E-state index >= 15 is 0 Å². The predicted molar refractivity (Wildman–Crippen MR) is 121 cm³/mol. The Hall–Kier alpha value is -3.91. The highest BCUT2D eigenvalue weighted by molar-refractivity contribution is 6.33. The monoisotopic (exact) mass is 449 g/mol. The highest BCUT2D eigenvalue weighted by Crippen LogP contribution is 2.28. The van der Waals surface area contributed by atoms with Crippen molar-refractivity contribution in [3.8, 4) is 11.3 Å². The van der Waals surface area contributed by atoms with Crippen LogP contribution >= 0.6 is 11.6 Å². The molecule has 0 aliphatic carbocycles. The van der Waals surface area contributed by atoms with Crippen molar-refractivity contribution in [1.29, 1.82) is 0 Å². The molecule has 1 aromatic carbocycles. The van der Waals surface area contributed by atoms with Gasteiger partial charge in [0.05, 0.1) is 17.2 Å². The molecule has 0 atom stereocenters. The van der Waals surface area contributed by atoms with E-state index in [4.69, 9.17) is 11.6 Å². The van der Waals surface area contributed by atoms with Gasteiger partial charge in [0.1, 0.15) is 11.3 Å². The average Bonchev–Trinajstić information content (AvgIpc) is 3.22. The maximum Gasteiger partial charge on any atom is 0.352 e. The van der Waals surface area contributed by atoms with E-state index in [1.165, 1.54) is 6.07 Å². The number of nitrogens with zero attached hydrogens (tertiary/aromatic N) is 4. The summed E-state index contributed by atoms with van der Waals surface area (Å²) < 4.78 is 3.43. The first-order valence-electron chi connectivity index (χ1n) is 9.85. The van der Waals surface area contributed by atoms with Crippen LogP contribution in [-0.4, -0.2) is 44.5 Å². The Bertz CT molecular complexity index is 1390. The molecule has 3 heterocycles. The van der Waals surface area contributed by atoms with Crippen LogP contribution in [0.3, 0.4) is 0 Å². The van der Waals surface area contributed by atoms with Crippen molar-refractivity contribution in [2.45, 2.75) is 6.54 Å². The number of hydrogen-bond donors (Lipinski definition) is 2. The summed E-state index contributed by atoms with van der Waals surface area (Å²) in [5.74, 6) is -1.33. The average molecular weight is 450 g/mol. The quantitative estimate of drug-likeness (QED) is 0.472. The molecular weight excluding hydrogens is 430 g/mol. The third-order valence-corrected chi connectivity index (χ3v) is 5.39. The van der Waals surface area contributed by atoms with Crippen molar-refractivity contribution in [2.24, 2.45) is 4.99 Å². The van der Waals surface area contributed by atoms with Gasteiger partial charge < -0.3 is 15.0 Å². The number of aromatic nitrogens is 3. The highest BCUT2D eigenvalue weighted by atomic mass is 35.5. The summed E-state index contributed by atoms with van der Waals surface area (Å²) in [5.41, 5.74) is 2.86. The zero-order valence-corrected chi connectivity index (χ0v) is 18.0. The van der Waals surface area contributed by atoms with Gasteiger partial charge in [0.25, 0.3) is 5.91 Å². The molecule has 0 saturated heterocycles. The molecule has 162 valence electrons. The van der Waals surface area contributed by atoms with Crippen LogP contribution in [0.2, 0.25) is 5.02 Å². The number of nitrogens with one attached hydrogen (secondary N) is 1. The summed E-state index contributed by atoms with van der Waals surface area (Å²) >= 11 is 6.30. The number of pyridine rings is 2. The molecule has 4 rings (SSSR count). The number of carboxylic acids is 1. The Morgan fingerprint density at radius 3 is 2.72 bits per heavy atom. The second-order valence-electron chi connectivity index (χ2n) is 7.02. The van der Waals surface area contributed by atoms with Gasteiger partial charge in [0.2, 0.25) is 0 Å². The second kappa shape index (κ2) is 9.07. The fourth-order valence-electron chi connectivity index (χ4n) is 3.42. The Morgan fingerprint density at radius 1 is 1.16 bits per heavy atom. The van der Waals surface area contributed by atoms with Gasteiger partial charge in [0, 0.05) is 48.7 Å². The number of fused-ring (bicyclic) bond motifs is 1. The second-order valence-corrected chi connectivity index (χ2v) is 7.42. The molecule has 0 aliphatic rings. The van der Waals surface area contributed by atoms with E-state index in [0.717, 1.165) is 11.3 Å². The van der Waals surface area contributed by atoms with Gasteiger partial charge in [-0.1, -0.05) is 29.8 Å². The molecule has 8 nitrogen and oxygen atoms in total. The van der Waals surface area contributed by atoms with Crippen LogP contribution in [0.15, 0.2) is 72.1 Å². The van der Waals surface area contributed by atoms with Gasteiger partial charge in [-0.15, -0.1) is 0 Å². The van der Waals surface area contributed by atoms with E-state index < -0.39 is 5.97 Å². The van der Waals surface area contributed by atoms with Crippen molar-refractivity contribution >= 4 is 29.1 Å². The molecule has 0 saturated carbocycles. The van der Waals surface area contributed by atoms with E-state index in [1.54, 1.807) is 48.4 Å². The molecule has 0 fully saturated rings. The number of rotatable bonds is 6. The number of halogens is 1. The van der Waals surface area contributed by atoms with Gasteiger partial charge in [-0.05, 0) is 30.3 Å². The summed E-state index contributed by atoms with van der Waals surface area (Å²) in [6, 6.07) is 14.1. The fourth-order valence-corrected chi connectivity index (χ4v) is 3.65. The highest BCUT2D eigenvalue weighted by Gasteiger charge is 2.13. The number of carbonyl (C=O) groups is 2. The van der Waals surface area contributed by atoms with Crippen LogP contribution in [0.1, 0.15) is 20.8 Å². The lowest BCUT2D eigenvalue weighted by Crippen LogP contribution is -2.29. The van der Waals surface area contributed by atoms with E-state index in [-0.39, 0.29) is 18.1 Å². The molecular formula is C23H20ClN5O3. The minimum atomic E-state index is -1.05. The predicted octanol–water partition coefficient (Wildman–Crippen LogP) is 3.11. The summed E-state index contributed by atoms with van der Waals surface area (Å²) in [7, 11) is 1.60. The molecule has 0 bridgehead atoms. The van der Waals surface area contributed by atoms with Crippen molar-refractivity contribution in [3.63, 3.8) is 0 Å². The van der Waals surface area contributed by atoms with Crippen molar-refractivity contribution in [3.05, 3.63) is 88.8 Å². The number of imidazole rings is 1. The summed E-state index contributed by atoms with van der Waals surface area (Å²) in [6.45, 7) is 0.566. The first-order valence-corrected chi connectivity index (χ1v) is 10.2. The van der Waals surface area contributed by atoms with Gasteiger partial charge in [-0.2, -0.15) is 0 Å². The number of carbonyl (C=O) groups excluding carboxylic acids is 1. The standard InChI is InChI=1S/C23H20ClN5O3/c1-25-16-7-9-28(19(13-16)23(31)32)11-8-26-22(30)15-6-10-29-20(14-27-21(29)12-15)17-4-2-3-5-18(17)24/h2-7,9-10,12-14H,8,11H2,1H3,(H,26,30)(H,31,32). The number of aromatic carboxylic acids is 1. The number of benzene rings is 1. The number of hydrogen-bond acceptors (Lipinski definition) is 4. The van der Waals surface area contributed by atoms with Gasteiger partial charge in [-0.3, -0.25) is 14.2 Å². The van der Waals surface area contributed by atoms with Gasteiger partial charge >= 0.3 is 5.97 Å². The summed E-state index contributed by atoms with van der Waals surface area (Å²) in [6.07, 6.45) is 5.14. The molecule has 3 aromatic heterocycles. The lowest BCUT2D eigenvalue weighted by Gasteiger charge is -2.12. The van der Waals surface area contributed by atoms with E-state index in [1.807, 2.05) is 28.7 Å². The van der Waals surface area contributed by atoms with Crippen LogP contribution < -0.4 is 10.7 Å². The van der Waals surface area contributed by atoms with Crippen LogP contribution in [-0.2, 0) is 6.54 Å². The summed E-state index contributed by atoms with van der Waals surface area (Å²) in [5, 5.41) is 13.4. The molecule has 0 spiro atoms. The molecule has 0 radical (unpaired) electrons. The molecule has 1 amide bonds. The molecule has 0 aliphatic heterocycles. The Balaban J connectivity index is 1.48. The maximum absolute atomic E-state index is 12.6. The van der Waals surface area contributed by atoms with Crippen LogP contribution in [0, 0.1) is 0 Å². The van der Waals surface area contributed by atoms with E-state index in [9.17, 15) is 14.7 Å². The van der Waals surface area contributed by atoms with E-state index in [2.05, 4.69) is 15.3 Å². The minimum absolute atomic E-state index is 0.105. The summed E-state index contributed by atoms with van der Waals surface area (Å²) in [4.78, 5) is 32.5. The smallest absolute Gasteiger partial charge is 0.352 e. The number of carboxylic acid groups (broad SMARTS) is 1. The maximum atomic E-state index is 12.6. The van der Waals surface area contributed by atoms with Crippen LogP contribution in [0.5, 0.6) is 0 Å². The zero-order valence-electron chi connectivity index (χ0n) is 17.2. The fraction of sp³-hybridized carbons (Fsp3) is 0.130. The first-order chi connectivity index (χ1) is 15.5. The Kier molecular flexibility index (Phi) is 6.04. The SMILES string of the molecule is CN=c1ccn(CCNC(=O)c2ccn3c(-c4ccccc4Cl)cnc3c2)c(C(=O)O)c1. The third-order valence-electron chi connectivity index (χ3n) is 5.06. The van der Waals surface area contributed by atoms with E-state index in [0.29, 0.717) is 28.1 Å². The molecule has 4 aromatic rings. The lowest BCUT2D eigenvalue weighted by atomic mass is 10.1. The molecule has 32 heavy (non-hydrogen) atoms. The normalized spacial score (nSPS) is 11.6. The Labute approximate surface area is 188 Å². The lowest BCUT2D eigenvalue weighted by molar-refractivity contribution is 0.0684. The minimum Gasteiger partial charge on any atom is -0.477 e. The van der Waals surface area contributed by atoms with Crippen LogP contribution in [0.25, 0.3) is 16.9 Å². The molecule has 2 N–H and O–H groups in total. The molecule has 0 unspecified atom stereocenters. The first kappa shape index (κ1) is 21.3. The van der Waals surface area contributed by atoms with Gasteiger partial charge in [-0.25, -0.2) is 9.78 Å². The molecule has 9 heteroatoms. The van der Waals surface area contributed by atoms with Crippen molar-refractivity contribution in [1.82, 2.24) is 19.3 Å². The van der Waals surface area contributed by atoms with Crippen molar-refractivity contribution in [2.75, 3.05) is 13.6 Å². The number of amides is 1. The largest absolute Gasteiger partial charge is 0.477 e. The van der Waals surface area contributed by atoms with Crippen molar-refractivity contribution < 1.29 is 14.7 Å².